The maximum atomic E-state index is 13.4. The highest BCUT2D eigenvalue weighted by Gasteiger charge is 2.22. The van der Waals surface area contributed by atoms with Crippen molar-refractivity contribution in [2.45, 2.75) is 31.7 Å². The monoisotopic (exact) mass is 347 g/mol. The summed E-state index contributed by atoms with van der Waals surface area (Å²) < 4.78 is 43.4. The van der Waals surface area contributed by atoms with Crippen LogP contribution in [0.2, 0.25) is 0 Å². The van der Waals surface area contributed by atoms with E-state index >= 15 is 0 Å². The number of aromatic nitrogens is 2. The highest BCUT2D eigenvalue weighted by molar-refractivity contribution is 7.93. The Labute approximate surface area is 140 Å². The summed E-state index contributed by atoms with van der Waals surface area (Å²) in [5.74, 6) is -0.492. The average Bonchev–Trinajstić information content (AvgIpc) is 2.91. The van der Waals surface area contributed by atoms with Gasteiger partial charge in [-0.1, -0.05) is 13.0 Å². The molecule has 1 aromatic carbocycles. The Morgan fingerprint density at radius 2 is 2.08 bits per heavy atom. The zero-order chi connectivity index (χ0) is 17.3. The molecular formula is C17H18FN3O2S. The second kappa shape index (κ2) is 6.24. The van der Waals surface area contributed by atoms with Crippen molar-refractivity contribution in [3.8, 4) is 0 Å². The molecule has 0 spiro atoms. The Hall–Kier alpha value is -2.41. The lowest BCUT2D eigenvalue weighted by molar-refractivity contribution is 0.600. The van der Waals surface area contributed by atoms with Crippen molar-refractivity contribution < 1.29 is 12.8 Å². The number of fused-ring (bicyclic) bond motifs is 1. The fourth-order valence-corrected chi connectivity index (χ4v) is 3.95. The molecule has 24 heavy (non-hydrogen) atoms. The molecule has 3 aromatic rings. The van der Waals surface area contributed by atoms with Crippen molar-refractivity contribution in [3.05, 3.63) is 54.1 Å². The van der Waals surface area contributed by atoms with E-state index in [4.69, 9.17) is 0 Å². The maximum absolute atomic E-state index is 13.4. The van der Waals surface area contributed by atoms with E-state index in [-0.39, 0.29) is 10.6 Å². The number of hydrogen-bond acceptors (Lipinski definition) is 3. The van der Waals surface area contributed by atoms with E-state index < -0.39 is 15.8 Å². The lowest BCUT2D eigenvalue weighted by Crippen LogP contribution is -2.13. The molecular weight excluding hydrogens is 329 g/mol. The standard InChI is InChI=1S/C17H18FN3O2S/c1-3-9-21-11-16(14-5-4-8-19-17(14)21)24(22,23)20-15-10-13(18)7-6-12(15)2/h4-8,10-11,20H,3,9H2,1-2H3. The number of anilines is 1. The third-order valence-electron chi connectivity index (χ3n) is 3.80. The molecule has 2 heterocycles. The first-order valence-corrected chi connectivity index (χ1v) is 9.13. The first-order chi connectivity index (χ1) is 11.4. The lowest BCUT2D eigenvalue weighted by Gasteiger charge is -2.10. The van der Waals surface area contributed by atoms with Gasteiger partial charge in [0.1, 0.15) is 16.4 Å². The average molecular weight is 347 g/mol. The van der Waals surface area contributed by atoms with Crippen molar-refractivity contribution in [1.29, 1.82) is 0 Å². The first kappa shape index (κ1) is 16.4. The number of rotatable bonds is 5. The molecule has 0 aliphatic carbocycles. The third-order valence-corrected chi connectivity index (χ3v) is 5.19. The Morgan fingerprint density at radius 1 is 1.29 bits per heavy atom. The van der Waals surface area contributed by atoms with Gasteiger partial charge in [-0.2, -0.15) is 0 Å². The first-order valence-electron chi connectivity index (χ1n) is 7.65. The minimum Gasteiger partial charge on any atom is -0.331 e. The minimum atomic E-state index is -3.85. The number of halogens is 1. The van der Waals surface area contributed by atoms with Crippen LogP contribution in [0.1, 0.15) is 18.9 Å². The van der Waals surface area contributed by atoms with Crippen molar-refractivity contribution in [2.24, 2.45) is 0 Å². The van der Waals surface area contributed by atoms with Gasteiger partial charge >= 0.3 is 0 Å². The highest BCUT2D eigenvalue weighted by atomic mass is 32.2. The van der Waals surface area contributed by atoms with Crippen molar-refractivity contribution in [2.75, 3.05) is 4.72 Å². The Morgan fingerprint density at radius 3 is 2.83 bits per heavy atom. The molecule has 5 nitrogen and oxygen atoms in total. The number of benzene rings is 1. The van der Waals surface area contributed by atoms with Gasteiger partial charge in [0.15, 0.2) is 0 Å². The Kier molecular flexibility index (Phi) is 4.28. The van der Waals surface area contributed by atoms with Gasteiger partial charge in [0, 0.05) is 24.3 Å². The van der Waals surface area contributed by atoms with Gasteiger partial charge < -0.3 is 4.57 Å². The van der Waals surface area contributed by atoms with Crippen LogP contribution in [0.5, 0.6) is 0 Å². The molecule has 0 saturated heterocycles. The molecule has 0 fully saturated rings. The van der Waals surface area contributed by atoms with Crippen LogP contribution in [0.25, 0.3) is 11.0 Å². The van der Waals surface area contributed by atoms with Crippen LogP contribution < -0.4 is 4.72 Å². The van der Waals surface area contributed by atoms with Gasteiger partial charge in [-0.25, -0.2) is 17.8 Å². The molecule has 0 unspecified atom stereocenters. The second-order valence-corrected chi connectivity index (χ2v) is 7.28. The van der Waals surface area contributed by atoms with Crippen molar-refractivity contribution >= 4 is 26.7 Å². The van der Waals surface area contributed by atoms with E-state index in [2.05, 4.69) is 9.71 Å². The number of pyridine rings is 1. The van der Waals surface area contributed by atoms with E-state index in [9.17, 15) is 12.8 Å². The summed E-state index contributed by atoms with van der Waals surface area (Å²) in [6.45, 7) is 4.40. The fraction of sp³-hybridized carbons (Fsp3) is 0.235. The van der Waals surface area contributed by atoms with E-state index in [0.717, 1.165) is 6.42 Å². The number of aryl methyl sites for hydroxylation is 2. The van der Waals surface area contributed by atoms with E-state index in [1.54, 1.807) is 31.5 Å². The molecule has 0 aliphatic rings. The van der Waals surface area contributed by atoms with E-state index in [1.165, 1.54) is 18.2 Å². The SMILES string of the molecule is CCCn1cc(S(=O)(=O)Nc2cc(F)ccc2C)c2cccnc21. The van der Waals surface area contributed by atoms with Crippen LogP contribution in [-0.4, -0.2) is 18.0 Å². The number of hydrogen-bond donors (Lipinski definition) is 1. The lowest BCUT2D eigenvalue weighted by atomic mass is 10.2. The van der Waals surface area contributed by atoms with Crippen LogP contribution in [0, 0.1) is 12.7 Å². The van der Waals surface area contributed by atoms with E-state index in [1.807, 2.05) is 11.5 Å². The van der Waals surface area contributed by atoms with Crippen LogP contribution in [0.15, 0.2) is 47.6 Å². The number of nitrogens with one attached hydrogen (secondary N) is 1. The number of sulfonamides is 1. The summed E-state index contributed by atoms with van der Waals surface area (Å²) in [5, 5.41) is 0.549. The molecule has 7 heteroatoms. The molecule has 1 N–H and O–H groups in total. The third kappa shape index (κ3) is 2.99. The normalized spacial score (nSPS) is 11.8. The molecule has 3 rings (SSSR count). The van der Waals surface area contributed by atoms with Gasteiger partial charge in [0.25, 0.3) is 10.0 Å². The summed E-state index contributed by atoms with van der Waals surface area (Å²) >= 11 is 0. The minimum absolute atomic E-state index is 0.141. The summed E-state index contributed by atoms with van der Waals surface area (Å²) in [5.41, 5.74) is 1.50. The summed E-state index contributed by atoms with van der Waals surface area (Å²) in [7, 11) is -3.85. The predicted molar refractivity (Wildman–Crippen MR) is 92.0 cm³/mol. The molecule has 0 amide bonds. The molecule has 126 valence electrons. The molecule has 0 radical (unpaired) electrons. The zero-order valence-corrected chi connectivity index (χ0v) is 14.3. The van der Waals surface area contributed by atoms with E-state index in [0.29, 0.717) is 23.1 Å². The van der Waals surface area contributed by atoms with Crippen molar-refractivity contribution in [1.82, 2.24) is 9.55 Å². The predicted octanol–water partition coefficient (Wildman–Crippen LogP) is 3.69. The summed E-state index contributed by atoms with van der Waals surface area (Å²) in [6.07, 6.45) is 4.07. The van der Waals surface area contributed by atoms with Gasteiger partial charge in [0.05, 0.1) is 5.69 Å². The largest absolute Gasteiger partial charge is 0.331 e. The van der Waals surface area contributed by atoms with Gasteiger partial charge in [-0.3, -0.25) is 4.72 Å². The molecule has 0 bridgehead atoms. The Bertz CT molecular complexity index is 996. The smallest absolute Gasteiger partial charge is 0.264 e. The number of nitrogens with zero attached hydrogens (tertiary/aromatic N) is 2. The van der Waals surface area contributed by atoms with Crippen LogP contribution in [0.4, 0.5) is 10.1 Å². The second-order valence-electron chi connectivity index (χ2n) is 5.63. The molecule has 2 aromatic heterocycles. The van der Waals surface area contributed by atoms with Crippen LogP contribution in [0.3, 0.4) is 0 Å². The Balaban J connectivity index is 2.10. The summed E-state index contributed by atoms with van der Waals surface area (Å²) in [6, 6.07) is 7.43. The molecule has 0 saturated carbocycles. The van der Waals surface area contributed by atoms with Gasteiger partial charge in [-0.15, -0.1) is 0 Å². The zero-order valence-electron chi connectivity index (χ0n) is 13.5. The fourth-order valence-electron chi connectivity index (χ4n) is 2.62. The highest BCUT2D eigenvalue weighted by Crippen LogP contribution is 2.27. The maximum Gasteiger partial charge on any atom is 0.264 e. The molecule has 0 aliphatic heterocycles. The van der Waals surface area contributed by atoms with Crippen LogP contribution >= 0.6 is 0 Å². The van der Waals surface area contributed by atoms with Gasteiger partial charge in [-0.05, 0) is 43.2 Å². The van der Waals surface area contributed by atoms with Crippen LogP contribution in [-0.2, 0) is 16.6 Å². The van der Waals surface area contributed by atoms with Crippen molar-refractivity contribution in [3.63, 3.8) is 0 Å². The summed E-state index contributed by atoms with van der Waals surface area (Å²) in [4.78, 5) is 4.42. The quantitative estimate of drug-likeness (QED) is 0.765. The topological polar surface area (TPSA) is 64.0 Å². The molecule has 0 atom stereocenters. The van der Waals surface area contributed by atoms with Gasteiger partial charge in [0.2, 0.25) is 0 Å².